The first-order valence-electron chi connectivity index (χ1n) is 2.07. The Hall–Kier alpha value is 0.544. The molecule has 0 atom stereocenters. The van der Waals surface area contributed by atoms with Gasteiger partial charge in [-0.15, -0.1) is 0 Å². The van der Waals surface area contributed by atoms with Crippen LogP contribution in [0, 0.1) is 0 Å². The minimum atomic E-state index is -4.22. The van der Waals surface area contributed by atoms with Crippen molar-refractivity contribution in [1.29, 1.82) is 0 Å². The Morgan fingerprint density at radius 1 is 1.40 bits per heavy atom. The Kier molecular flexibility index (Phi) is 10.6. The minimum absolute atomic E-state index is 0. The van der Waals surface area contributed by atoms with Crippen molar-refractivity contribution in [2.45, 2.75) is 20.0 Å². The van der Waals surface area contributed by atoms with Gasteiger partial charge >= 0.3 is 10.4 Å². The van der Waals surface area contributed by atoms with E-state index in [4.69, 9.17) is 4.55 Å². The van der Waals surface area contributed by atoms with Gasteiger partial charge in [0.15, 0.2) is 0 Å². The Morgan fingerprint density at radius 3 is 1.70 bits per heavy atom. The largest absolute Gasteiger partial charge is 0.412 e. The number of hydrogen-bond acceptors (Lipinski definition) is 3. The second-order valence-corrected chi connectivity index (χ2v) is 2.62. The van der Waals surface area contributed by atoms with Crippen LogP contribution in [0.15, 0.2) is 0 Å². The maximum absolute atomic E-state index is 9.78. The molecule has 0 fully saturated rings. The van der Waals surface area contributed by atoms with E-state index in [2.05, 4.69) is 4.18 Å². The summed E-state index contributed by atoms with van der Waals surface area (Å²) < 4.78 is 31.5. The van der Waals surface area contributed by atoms with Crippen molar-refractivity contribution < 1.29 is 44.3 Å². The van der Waals surface area contributed by atoms with Crippen molar-refractivity contribution in [2.24, 2.45) is 0 Å². The van der Waals surface area contributed by atoms with Gasteiger partial charge in [0, 0.05) is 21.7 Å². The summed E-state index contributed by atoms with van der Waals surface area (Å²) in [6, 6.07) is 0. The van der Waals surface area contributed by atoms with Crippen LogP contribution in [0.25, 0.3) is 0 Å². The van der Waals surface area contributed by atoms with E-state index in [9.17, 15) is 8.42 Å². The van der Waals surface area contributed by atoms with Gasteiger partial charge in [-0.3, -0.25) is 4.55 Å². The molecule has 0 heterocycles. The van der Waals surface area contributed by atoms with Crippen LogP contribution in [-0.2, 0) is 36.3 Å². The molecule has 0 aliphatic heterocycles. The maximum Gasteiger partial charge on any atom is 0.397 e. The quantitative estimate of drug-likeness (QED) is 0.481. The molecule has 0 aromatic rings. The van der Waals surface area contributed by atoms with Gasteiger partial charge in [0.2, 0.25) is 0 Å². The molecule has 0 aromatic carbocycles. The van der Waals surface area contributed by atoms with E-state index >= 15 is 0 Å². The third kappa shape index (κ3) is 15.8. The van der Waals surface area contributed by atoms with E-state index in [1.54, 1.807) is 0 Å². The average molecular weight is 206 g/mol. The van der Waals surface area contributed by atoms with Crippen LogP contribution in [0.3, 0.4) is 0 Å². The van der Waals surface area contributed by atoms with Gasteiger partial charge in [-0.25, -0.2) is 4.18 Å². The molecule has 0 saturated heterocycles. The second kappa shape index (κ2) is 6.27. The average Bonchev–Trinajstić information content (AvgIpc) is 1.21. The first-order valence-corrected chi connectivity index (χ1v) is 3.44. The van der Waals surface area contributed by atoms with E-state index in [1.165, 1.54) is 13.8 Å². The van der Waals surface area contributed by atoms with Crippen LogP contribution in [0.2, 0.25) is 0 Å². The van der Waals surface area contributed by atoms with Crippen LogP contribution in [0.1, 0.15) is 13.8 Å². The van der Waals surface area contributed by atoms with Crippen molar-refractivity contribution in [3.05, 3.63) is 0 Å². The molecule has 0 aromatic heterocycles. The summed E-state index contributed by atoms with van der Waals surface area (Å²) in [6.45, 7) is 3.02. The molecule has 0 spiro atoms. The van der Waals surface area contributed by atoms with E-state index < -0.39 is 16.5 Å². The van der Waals surface area contributed by atoms with Crippen molar-refractivity contribution in [2.75, 3.05) is 0 Å². The number of hydrogen-bond donors (Lipinski definition) is 1. The van der Waals surface area contributed by atoms with Gasteiger partial charge in [0.05, 0.1) is 6.10 Å². The summed E-state index contributed by atoms with van der Waals surface area (Å²) in [7, 11) is -4.22. The summed E-state index contributed by atoms with van der Waals surface area (Å²) in [5.41, 5.74) is 0. The van der Waals surface area contributed by atoms with Crippen molar-refractivity contribution in [1.82, 2.24) is 0 Å². The van der Waals surface area contributed by atoms with Crippen LogP contribution in [0.4, 0.5) is 0 Å². The molecule has 5 nitrogen and oxygen atoms in total. The standard InChI is InChI=1S/C3H8O4S.H2O.Ti/c1-3(2)7-8(4,5)6;;/h3H,1-2H3,(H,4,5,6);1H2;. The monoisotopic (exact) mass is 206 g/mol. The third-order valence-corrected chi connectivity index (χ3v) is 0.942. The zero-order chi connectivity index (χ0) is 6.78. The fraction of sp³-hybridized carbons (Fsp3) is 1.00. The molecule has 0 amide bonds. The topological polar surface area (TPSA) is 95.1 Å². The van der Waals surface area contributed by atoms with Gasteiger partial charge in [-0.1, -0.05) is 0 Å². The Labute approximate surface area is 74.9 Å². The summed E-state index contributed by atoms with van der Waals surface area (Å²) >= 11 is 0. The van der Waals surface area contributed by atoms with E-state index in [-0.39, 0.29) is 27.2 Å². The summed E-state index contributed by atoms with van der Waals surface area (Å²) in [6.07, 6.45) is -0.495. The predicted molar refractivity (Wildman–Crippen MR) is 31.4 cm³/mol. The summed E-state index contributed by atoms with van der Waals surface area (Å²) in [5, 5.41) is 0. The number of rotatable bonds is 2. The maximum atomic E-state index is 9.78. The first kappa shape index (κ1) is 16.9. The molecule has 0 bridgehead atoms. The molecular formula is C3H10O5STi. The van der Waals surface area contributed by atoms with Crippen LogP contribution in [0.5, 0.6) is 0 Å². The van der Waals surface area contributed by atoms with Gasteiger partial charge in [-0.05, 0) is 13.8 Å². The molecule has 3 N–H and O–H groups in total. The molecule has 0 rings (SSSR count). The Morgan fingerprint density at radius 2 is 1.70 bits per heavy atom. The fourth-order valence-corrected chi connectivity index (χ4v) is 0.730. The molecule has 0 radical (unpaired) electrons. The Balaban J connectivity index is -0.000000245. The smallest absolute Gasteiger partial charge is 0.397 e. The minimum Gasteiger partial charge on any atom is -0.412 e. The molecule has 0 saturated carbocycles. The molecule has 0 unspecified atom stereocenters. The molecule has 7 heteroatoms. The second-order valence-electron chi connectivity index (χ2n) is 1.57. The third-order valence-electron chi connectivity index (χ3n) is 0.314. The van der Waals surface area contributed by atoms with Crippen LogP contribution >= 0.6 is 0 Å². The zero-order valence-electron chi connectivity index (χ0n) is 5.66. The fourth-order valence-electron chi connectivity index (χ4n) is 0.243. The van der Waals surface area contributed by atoms with Crippen molar-refractivity contribution >= 4 is 10.4 Å². The normalized spacial score (nSPS) is 10.0. The van der Waals surface area contributed by atoms with Crippen molar-refractivity contribution in [3.63, 3.8) is 0 Å². The van der Waals surface area contributed by atoms with Gasteiger partial charge in [0.1, 0.15) is 0 Å². The molecule has 0 aliphatic carbocycles. The van der Waals surface area contributed by atoms with E-state index in [0.717, 1.165) is 0 Å². The predicted octanol–water partition coefficient (Wildman–Crippen LogP) is -0.613. The van der Waals surface area contributed by atoms with Crippen LogP contribution in [-0.4, -0.2) is 24.6 Å². The zero-order valence-corrected chi connectivity index (χ0v) is 8.04. The van der Waals surface area contributed by atoms with Gasteiger partial charge < -0.3 is 5.48 Å². The van der Waals surface area contributed by atoms with Crippen LogP contribution < -0.4 is 0 Å². The van der Waals surface area contributed by atoms with Crippen molar-refractivity contribution in [3.8, 4) is 0 Å². The summed E-state index contributed by atoms with van der Waals surface area (Å²) in [4.78, 5) is 0. The van der Waals surface area contributed by atoms with Gasteiger partial charge in [0.25, 0.3) is 0 Å². The molecular weight excluding hydrogens is 196 g/mol. The molecule has 0 aliphatic rings. The van der Waals surface area contributed by atoms with E-state index in [1.807, 2.05) is 0 Å². The van der Waals surface area contributed by atoms with E-state index in [0.29, 0.717) is 0 Å². The Bertz CT molecular complexity index is 150. The molecule has 10 heavy (non-hydrogen) atoms. The van der Waals surface area contributed by atoms with Gasteiger partial charge in [-0.2, -0.15) is 8.42 Å². The SMILES string of the molecule is CC(C)OS(=O)(=O)O.O.[Ti]. The summed E-state index contributed by atoms with van der Waals surface area (Å²) in [5.74, 6) is 0. The first-order chi connectivity index (χ1) is 3.42. The molecule has 62 valence electrons.